The van der Waals surface area contributed by atoms with Gasteiger partial charge in [-0.15, -0.1) is 0 Å². The van der Waals surface area contributed by atoms with Crippen LogP contribution in [-0.4, -0.2) is 51.4 Å². The van der Waals surface area contributed by atoms with Gasteiger partial charge in [-0.2, -0.15) is 0 Å². The maximum absolute atomic E-state index is 12.3. The zero-order chi connectivity index (χ0) is 13.5. The number of imidazole rings is 1. The number of fused-ring (bicyclic) bond motifs is 4. The minimum Gasteiger partial charge on any atom is -0.345 e. The number of carbonyl (C=O) groups is 1. The van der Waals surface area contributed by atoms with Crippen LogP contribution < -0.4 is 5.32 Å². The molecule has 6 heteroatoms. The van der Waals surface area contributed by atoms with Crippen molar-refractivity contribution in [1.82, 2.24) is 25.2 Å². The van der Waals surface area contributed by atoms with E-state index < -0.39 is 0 Å². The number of pyridine rings is 1. The Hall–Kier alpha value is -1.95. The van der Waals surface area contributed by atoms with Gasteiger partial charge >= 0.3 is 0 Å². The first-order valence-electron chi connectivity index (χ1n) is 7.13. The Morgan fingerprint density at radius 3 is 2.95 bits per heavy atom. The van der Waals surface area contributed by atoms with Gasteiger partial charge in [0.15, 0.2) is 11.5 Å². The lowest BCUT2D eigenvalue weighted by Crippen LogP contribution is -2.57. The number of carbonyl (C=O) groups excluding carboxylic acids is 1. The summed E-state index contributed by atoms with van der Waals surface area (Å²) in [6.45, 7) is 3.31. The van der Waals surface area contributed by atoms with E-state index in [1.165, 1.54) is 25.9 Å². The molecular formula is C14H17N5O. The second-order valence-electron chi connectivity index (χ2n) is 5.68. The molecule has 0 aromatic carbocycles. The molecule has 6 nitrogen and oxygen atoms in total. The lowest BCUT2D eigenvalue weighted by Gasteiger charge is -2.44. The standard InChI is InChI=1S/C14H17N5O/c20-14(13-16-10-2-1-5-15-12(10)18-13)17-11-8-19-6-3-9(11)4-7-19/h1-2,5,9,11H,3-4,6-8H2,(H,17,20)(H,15,16,18)/t11-/m0/s1. The summed E-state index contributed by atoms with van der Waals surface area (Å²) < 4.78 is 0. The van der Waals surface area contributed by atoms with Gasteiger partial charge in [-0.05, 0) is 44.0 Å². The molecule has 5 rings (SSSR count). The van der Waals surface area contributed by atoms with Crippen LogP contribution in [0.5, 0.6) is 0 Å². The van der Waals surface area contributed by atoms with Crippen molar-refractivity contribution in [2.45, 2.75) is 18.9 Å². The second-order valence-corrected chi connectivity index (χ2v) is 5.68. The predicted molar refractivity (Wildman–Crippen MR) is 74.3 cm³/mol. The number of rotatable bonds is 2. The zero-order valence-corrected chi connectivity index (χ0v) is 11.2. The van der Waals surface area contributed by atoms with Gasteiger partial charge in [-0.1, -0.05) is 0 Å². The summed E-state index contributed by atoms with van der Waals surface area (Å²) in [5.74, 6) is 0.850. The molecule has 2 N–H and O–H groups in total. The number of nitrogens with zero attached hydrogens (tertiary/aromatic N) is 3. The summed E-state index contributed by atoms with van der Waals surface area (Å²) in [6, 6.07) is 3.96. The summed E-state index contributed by atoms with van der Waals surface area (Å²) in [6.07, 6.45) is 4.05. The predicted octanol–water partition coefficient (Wildman–Crippen LogP) is 0.782. The Morgan fingerprint density at radius 2 is 2.25 bits per heavy atom. The molecule has 5 heterocycles. The van der Waals surface area contributed by atoms with Gasteiger partial charge in [-0.3, -0.25) is 4.79 Å². The third-order valence-electron chi connectivity index (χ3n) is 4.45. The molecular weight excluding hydrogens is 254 g/mol. The minimum absolute atomic E-state index is 0.123. The summed E-state index contributed by atoms with van der Waals surface area (Å²) in [7, 11) is 0. The van der Waals surface area contributed by atoms with Crippen LogP contribution in [0.2, 0.25) is 0 Å². The molecule has 2 bridgehead atoms. The van der Waals surface area contributed by atoms with Crippen LogP contribution in [0.4, 0.5) is 0 Å². The monoisotopic (exact) mass is 271 g/mol. The van der Waals surface area contributed by atoms with E-state index in [-0.39, 0.29) is 11.9 Å². The summed E-state index contributed by atoms with van der Waals surface area (Å²) in [5.41, 5.74) is 1.39. The van der Waals surface area contributed by atoms with Crippen molar-refractivity contribution >= 4 is 17.1 Å². The Labute approximate surface area is 116 Å². The normalized spacial score (nSPS) is 28.7. The maximum atomic E-state index is 12.3. The van der Waals surface area contributed by atoms with E-state index in [4.69, 9.17) is 0 Å². The molecule has 0 unspecified atom stereocenters. The molecule has 3 aliphatic rings. The van der Waals surface area contributed by atoms with Crippen molar-refractivity contribution in [3.8, 4) is 0 Å². The van der Waals surface area contributed by atoms with Gasteiger partial charge in [-0.25, -0.2) is 9.97 Å². The number of amides is 1. The Kier molecular flexibility index (Phi) is 2.70. The minimum atomic E-state index is -0.123. The van der Waals surface area contributed by atoms with Gasteiger partial charge in [0, 0.05) is 18.8 Å². The summed E-state index contributed by atoms with van der Waals surface area (Å²) >= 11 is 0. The quantitative estimate of drug-likeness (QED) is 0.846. The molecule has 1 atom stereocenters. The van der Waals surface area contributed by atoms with Crippen molar-refractivity contribution in [2.24, 2.45) is 5.92 Å². The van der Waals surface area contributed by atoms with Crippen LogP contribution in [0.15, 0.2) is 18.3 Å². The fourth-order valence-electron chi connectivity index (χ4n) is 3.32. The van der Waals surface area contributed by atoms with Crippen molar-refractivity contribution in [2.75, 3.05) is 19.6 Å². The topological polar surface area (TPSA) is 73.9 Å². The molecule has 3 fully saturated rings. The molecule has 1 amide bonds. The first-order valence-corrected chi connectivity index (χ1v) is 7.13. The second kappa shape index (κ2) is 4.56. The molecule has 3 saturated heterocycles. The lowest BCUT2D eigenvalue weighted by atomic mass is 9.84. The highest BCUT2D eigenvalue weighted by Gasteiger charge is 2.35. The van der Waals surface area contributed by atoms with Gasteiger partial charge in [0.1, 0.15) is 0 Å². The lowest BCUT2D eigenvalue weighted by molar-refractivity contribution is 0.0615. The van der Waals surface area contributed by atoms with Gasteiger partial charge in [0.05, 0.1) is 5.52 Å². The number of aromatic nitrogens is 3. The number of piperidine rings is 3. The highest BCUT2D eigenvalue weighted by atomic mass is 16.2. The molecule has 2 aromatic heterocycles. The molecule has 3 aliphatic heterocycles. The van der Waals surface area contributed by atoms with Crippen LogP contribution in [0.1, 0.15) is 23.5 Å². The molecule has 0 aliphatic carbocycles. The highest BCUT2D eigenvalue weighted by Crippen LogP contribution is 2.27. The van der Waals surface area contributed by atoms with E-state index >= 15 is 0 Å². The van der Waals surface area contributed by atoms with Crippen molar-refractivity contribution in [3.63, 3.8) is 0 Å². The van der Waals surface area contributed by atoms with Gasteiger partial charge in [0.25, 0.3) is 5.91 Å². The summed E-state index contributed by atoms with van der Waals surface area (Å²) in [5, 5.41) is 3.13. The first kappa shape index (κ1) is 11.8. The third kappa shape index (κ3) is 1.96. The van der Waals surface area contributed by atoms with E-state index in [2.05, 4.69) is 25.2 Å². The van der Waals surface area contributed by atoms with Crippen molar-refractivity contribution in [3.05, 3.63) is 24.2 Å². The average Bonchev–Trinajstić information content (AvgIpc) is 2.92. The van der Waals surface area contributed by atoms with Gasteiger partial charge in [0.2, 0.25) is 0 Å². The Morgan fingerprint density at radius 1 is 1.40 bits per heavy atom. The molecule has 0 radical (unpaired) electrons. The van der Waals surface area contributed by atoms with Gasteiger partial charge < -0.3 is 15.2 Å². The summed E-state index contributed by atoms with van der Waals surface area (Å²) in [4.78, 5) is 26.1. The van der Waals surface area contributed by atoms with Crippen LogP contribution in [0, 0.1) is 5.92 Å². The largest absolute Gasteiger partial charge is 0.345 e. The van der Waals surface area contributed by atoms with Crippen molar-refractivity contribution < 1.29 is 4.79 Å². The molecule has 2 aromatic rings. The maximum Gasteiger partial charge on any atom is 0.287 e. The SMILES string of the molecule is O=C(N[C@H]1CN2CCC1CC2)c1nc2ncccc2[nH]1. The van der Waals surface area contributed by atoms with E-state index in [9.17, 15) is 4.79 Å². The van der Waals surface area contributed by atoms with E-state index in [1.54, 1.807) is 6.20 Å². The number of hydrogen-bond donors (Lipinski definition) is 2. The average molecular weight is 271 g/mol. The molecule has 104 valence electrons. The van der Waals surface area contributed by atoms with Crippen molar-refractivity contribution in [1.29, 1.82) is 0 Å². The van der Waals surface area contributed by atoms with Crippen LogP contribution in [-0.2, 0) is 0 Å². The Bertz CT molecular complexity index is 611. The van der Waals surface area contributed by atoms with Crippen LogP contribution >= 0.6 is 0 Å². The zero-order valence-electron chi connectivity index (χ0n) is 11.2. The first-order chi connectivity index (χ1) is 9.79. The number of H-pyrrole nitrogens is 1. The fraction of sp³-hybridized carbons (Fsp3) is 0.500. The number of aromatic amines is 1. The molecule has 0 saturated carbocycles. The Balaban J connectivity index is 1.52. The molecule has 0 spiro atoms. The smallest absolute Gasteiger partial charge is 0.287 e. The number of hydrogen-bond acceptors (Lipinski definition) is 4. The van der Waals surface area contributed by atoms with E-state index in [0.29, 0.717) is 17.4 Å². The van der Waals surface area contributed by atoms with E-state index in [1.807, 2.05) is 12.1 Å². The van der Waals surface area contributed by atoms with Crippen LogP contribution in [0.3, 0.4) is 0 Å². The molecule has 20 heavy (non-hydrogen) atoms. The highest BCUT2D eigenvalue weighted by molar-refractivity contribution is 5.93. The number of nitrogens with one attached hydrogen (secondary N) is 2. The fourth-order valence-corrected chi connectivity index (χ4v) is 3.32. The van der Waals surface area contributed by atoms with Crippen LogP contribution in [0.25, 0.3) is 11.2 Å². The third-order valence-corrected chi connectivity index (χ3v) is 4.45. The van der Waals surface area contributed by atoms with E-state index in [0.717, 1.165) is 12.1 Å².